The van der Waals surface area contributed by atoms with Crippen molar-refractivity contribution in [3.8, 4) is 0 Å². The van der Waals surface area contributed by atoms with Gasteiger partial charge in [-0.25, -0.2) is 4.98 Å². The van der Waals surface area contributed by atoms with Crippen molar-refractivity contribution in [2.24, 2.45) is 5.41 Å². The van der Waals surface area contributed by atoms with E-state index in [1.54, 1.807) is 11.3 Å². The van der Waals surface area contributed by atoms with Crippen LogP contribution in [0.1, 0.15) is 12.6 Å². The van der Waals surface area contributed by atoms with E-state index in [1.807, 2.05) is 22.1 Å². The summed E-state index contributed by atoms with van der Waals surface area (Å²) in [4.78, 5) is 5.56. The van der Waals surface area contributed by atoms with E-state index in [4.69, 9.17) is 11.6 Å². The van der Waals surface area contributed by atoms with E-state index in [1.165, 1.54) is 0 Å². The predicted molar refractivity (Wildman–Crippen MR) is 65.8 cm³/mol. The highest BCUT2D eigenvalue weighted by molar-refractivity contribution is 7.15. The molecule has 0 aliphatic rings. The SMILES string of the molecule is C=CC(C)(CCl)Cc1cn2ccsc2n1. The number of allylic oxidation sites excluding steroid dienone is 1. The van der Waals surface area contributed by atoms with Crippen LogP contribution in [-0.2, 0) is 6.42 Å². The van der Waals surface area contributed by atoms with Gasteiger partial charge in [0, 0.05) is 35.5 Å². The summed E-state index contributed by atoms with van der Waals surface area (Å²) in [6.45, 7) is 5.92. The Morgan fingerprint density at radius 1 is 1.73 bits per heavy atom. The molecule has 0 radical (unpaired) electrons. The first-order chi connectivity index (χ1) is 7.17. The minimum absolute atomic E-state index is 0.0639. The third kappa shape index (κ3) is 2.08. The summed E-state index contributed by atoms with van der Waals surface area (Å²) in [7, 11) is 0. The summed E-state index contributed by atoms with van der Waals surface area (Å²) in [5.41, 5.74) is 1.01. The van der Waals surface area contributed by atoms with Gasteiger partial charge in [0.05, 0.1) is 5.69 Å². The zero-order valence-electron chi connectivity index (χ0n) is 8.61. The maximum atomic E-state index is 5.93. The molecule has 2 nitrogen and oxygen atoms in total. The number of rotatable bonds is 4. The first-order valence-electron chi connectivity index (χ1n) is 4.77. The lowest BCUT2D eigenvalue weighted by Crippen LogP contribution is -2.18. The summed E-state index contributed by atoms with van der Waals surface area (Å²) < 4.78 is 2.04. The van der Waals surface area contributed by atoms with Crippen molar-refractivity contribution in [2.75, 3.05) is 5.88 Å². The van der Waals surface area contributed by atoms with Crippen LogP contribution in [0.2, 0.25) is 0 Å². The number of halogens is 1. The molecule has 0 aliphatic carbocycles. The van der Waals surface area contributed by atoms with Gasteiger partial charge in [0.1, 0.15) is 0 Å². The van der Waals surface area contributed by atoms with Crippen molar-refractivity contribution in [3.05, 3.63) is 36.1 Å². The highest BCUT2D eigenvalue weighted by Crippen LogP contribution is 2.25. The fourth-order valence-corrected chi connectivity index (χ4v) is 2.37. The maximum Gasteiger partial charge on any atom is 0.193 e. The predicted octanol–water partition coefficient (Wildman–Crippen LogP) is 3.37. The first-order valence-corrected chi connectivity index (χ1v) is 6.19. The Hall–Kier alpha value is -0.800. The second kappa shape index (κ2) is 3.99. The number of fused-ring (bicyclic) bond motifs is 1. The van der Waals surface area contributed by atoms with E-state index in [-0.39, 0.29) is 5.41 Å². The lowest BCUT2D eigenvalue weighted by Gasteiger charge is -2.20. The van der Waals surface area contributed by atoms with Crippen molar-refractivity contribution in [1.29, 1.82) is 0 Å². The summed E-state index contributed by atoms with van der Waals surface area (Å²) >= 11 is 7.57. The van der Waals surface area contributed by atoms with Gasteiger partial charge in [-0.1, -0.05) is 13.0 Å². The van der Waals surface area contributed by atoms with E-state index in [0.29, 0.717) is 5.88 Å². The van der Waals surface area contributed by atoms with E-state index >= 15 is 0 Å². The second-order valence-corrected chi connectivity index (χ2v) is 5.13. The van der Waals surface area contributed by atoms with Crippen molar-refractivity contribution >= 4 is 27.9 Å². The Morgan fingerprint density at radius 2 is 2.53 bits per heavy atom. The minimum Gasteiger partial charge on any atom is -0.297 e. The molecule has 0 fully saturated rings. The highest BCUT2D eigenvalue weighted by Gasteiger charge is 2.21. The molecule has 0 bridgehead atoms. The first kappa shape index (κ1) is 10.7. The zero-order chi connectivity index (χ0) is 10.9. The fraction of sp³-hybridized carbons (Fsp3) is 0.364. The van der Waals surface area contributed by atoms with Gasteiger partial charge in [-0.3, -0.25) is 4.40 Å². The van der Waals surface area contributed by atoms with Crippen LogP contribution in [0, 0.1) is 5.41 Å². The Balaban J connectivity index is 2.25. The molecular weight excluding hydrogens is 228 g/mol. The van der Waals surface area contributed by atoms with Crippen LogP contribution < -0.4 is 0 Å². The number of alkyl halides is 1. The summed E-state index contributed by atoms with van der Waals surface area (Å²) in [5, 5.41) is 2.03. The molecule has 0 spiro atoms. The van der Waals surface area contributed by atoms with Crippen LogP contribution in [0.3, 0.4) is 0 Å². The smallest absolute Gasteiger partial charge is 0.193 e. The van der Waals surface area contributed by atoms with Crippen LogP contribution in [0.15, 0.2) is 30.4 Å². The third-order valence-corrected chi connectivity index (χ3v) is 3.91. The highest BCUT2D eigenvalue weighted by atomic mass is 35.5. The van der Waals surface area contributed by atoms with Gasteiger partial charge in [0.25, 0.3) is 0 Å². The van der Waals surface area contributed by atoms with Gasteiger partial charge in [-0.05, 0) is 0 Å². The standard InChI is InChI=1S/C11H13ClN2S/c1-3-11(2,8-12)6-9-7-14-4-5-15-10(14)13-9/h3-5,7H,1,6,8H2,2H3. The van der Waals surface area contributed by atoms with E-state index in [9.17, 15) is 0 Å². The quantitative estimate of drug-likeness (QED) is 0.592. The van der Waals surface area contributed by atoms with Crippen LogP contribution >= 0.6 is 22.9 Å². The van der Waals surface area contributed by atoms with Crippen molar-refractivity contribution in [3.63, 3.8) is 0 Å². The Kier molecular flexibility index (Phi) is 2.85. The lowest BCUT2D eigenvalue weighted by atomic mass is 9.88. The van der Waals surface area contributed by atoms with Crippen molar-refractivity contribution < 1.29 is 0 Å². The molecule has 0 amide bonds. The van der Waals surface area contributed by atoms with Crippen LogP contribution in [0.25, 0.3) is 4.96 Å². The average Bonchev–Trinajstić information content (AvgIpc) is 2.77. The van der Waals surface area contributed by atoms with E-state index in [0.717, 1.165) is 17.1 Å². The van der Waals surface area contributed by atoms with Crippen molar-refractivity contribution in [2.45, 2.75) is 13.3 Å². The molecule has 4 heteroatoms. The van der Waals surface area contributed by atoms with Crippen LogP contribution in [0.4, 0.5) is 0 Å². The minimum atomic E-state index is -0.0639. The molecule has 0 aromatic carbocycles. The molecule has 0 aliphatic heterocycles. The monoisotopic (exact) mass is 240 g/mol. The number of hydrogen-bond donors (Lipinski definition) is 0. The molecule has 0 N–H and O–H groups in total. The van der Waals surface area contributed by atoms with Gasteiger partial charge in [-0.2, -0.15) is 0 Å². The summed E-state index contributed by atoms with van der Waals surface area (Å²) in [6, 6.07) is 0. The van der Waals surface area contributed by atoms with Gasteiger partial charge in [0.15, 0.2) is 4.96 Å². The normalized spacial score (nSPS) is 15.3. The van der Waals surface area contributed by atoms with Gasteiger partial charge in [0.2, 0.25) is 0 Å². The summed E-state index contributed by atoms with van der Waals surface area (Å²) in [6.07, 6.45) is 6.82. The number of nitrogens with zero attached hydrogens (tertiary/aromatic N) is 2. The van der Waals surface area contributed by atoms with Crippen molar-refractivity contribution in [1.82, 2.24) is 9.38 Å². The largest absolute Gasteiger partial charge is 0.297 e. The Bertz CT molecular complexity index is 445. The molecule has 15 heavy (non-hydrogen) atoms. The van der Waals surface area contributed by atoms with Crippen LogP contribution in [0.5, 0.6) is 0 Å². The Morgan fingerprint density at radius 3 is 3.13 bits per heavy atom. The Labute approximate surface area is 98.2 Å². The fourth-order valence-electron chi connectivity index (χ4n) is 1.45. The van der Waals surface area contributed by atoms with E-state index in [2.05, 4.69) is 24.7 Å². The molecule has 80 valence electrons. The third-order valence-electron chi connectivity index (χ3n) is 2.53. The maximum absolute atomic E-state index is 5.93. The number of imidazole rings is 1. The zero-order valence-corrected chi connectivity index (χ0v) is 10.2. The van der Waals surface area contributed by atoms with Crippen LogP contribution in [-0.4, -0.2) is 15.3 Å². The molecule has 2 rings (SSSR count). The molecule has 1 unspecified atom stereocenters. The molecule has 0 saturated heterocycles. The molecule has 1 atom stereocenters. The summed E-state index contributed by atoms with van der Waals surface area (Å²) in [5.74, 6) is 0.571. The molecule has 2 aromatic heterocycles. The molecule has 0 saturated carbocycles. The molecule has 2 heterocycles. The lowest BCUT2D eigenvalue weighted by molar-refractivity contribution is 0.481. The molecular formula is C11H13ClN2S. The number of thiazole rings is 1. The van der Waals surface area contributed by atoms with Gasteiger partial charge >= 0.3 is 0 Å². The van der Waals surface area contributed by atoms with Gasteiger partial charge in [-0.15, -0.1) is 29.5 Å². The number of hydrogen-bond acceptors (Lipinski definition) is 2. The average molecular weight is 241 g/mol. The second-order valence-electron chi connectivity index (χ2n) is 3.99. The van der Waals surface area contributed by atoms with Gasteiger partial charge < -0.3 is 0 Å². The topological polar surface area (TPSA) is 17.3 Å². The van der Waals surface area contributed by atoms with E-state index < -0.39 is 0 Å². The molecule has 2 aromatic rings. The number of aromatic nitrogens is 2.